The SMILES string of the molecule is CC(=O)Nc1ccc(C=C(C(=O)N2CCOCC2)C(=O)N2CCOCC2)cc1. The van der Waals surface area contributed by atoms with Gasteiger partial charge in [0.15, 0.2) is 0 Å². The Balaban J connectivity index is 1.85. The number of nitrogens with one attached hydrogen (secondary N) is 1. The minimum atomic E-state index is -0.286. The van der Waals surface area contributed by atoms with Gasteiger partial charge in [0.05, 0.1) is 26.4 Å². The van der Waals surface area contributed by atoms with Gasteiger partial charge in [-0.15, -0.1) is 0 Å². The van der Waals surface area contributed by atoms with Crippen molar-refractivity contribution in [1.82, 2.24) is 9.80 Å². The Morgan fingerprint density at radius 2 is 1.32 bits per heavy atom. The molecule has 1 N–H and O–H groups in total. The van der Waals surface area contributed by atoms with Crippen LogP contribution in [0.15, 0.2) is 29.8 Å². The summed E-state index contributed by atoms with van der Waals surface area (Å²) in [7, 11) is 0. The second-order valence-electron chi connectivity index (χ2n) is 6.67. The molecule has 0 aliphatic carbocycles. The van der Waals surface area contributed by atoms with E-state index in [0.717, 1.165) is 0 Å². The summed E-state index contributed by atoms with van der Waals surface area (Å²) < 4.78 is 10.6. The van der Waals surface area contributed by atoms with E-state index in [0.29, 0.717) is 63.9 Å². The molecule has 0 atom stereocenters. The second kappa shape index (κ2) is 9.48. The van der Waals surface area contributed by atoms with Crippen LogP contribution in [-0.4, -0.2) is 80.1 Å². The number of benzene rings is 1. The van der Waals surface area contributed by atoms with Crippen LogP contribution >= 0.6 is 0 Å². The van der Waals surface area contributed by atoms with Crippen molar-refractivity contribution >= 4 is 29.5 Å². The van der Waals surface area contributed by atoms with Crippen LogP contribution in [0.5, 0.6) is 0 Å². The lowest BCUT2D eigenvalue weighted by Crippen LogP contribution is -2.47. The third kappa shape index (κ3) is 5.17. The Morgan fingerprint density at radius 3 is 1.75 bits per heavy atom. The number of anilines is 1. The molecule has 8 heteroatoms. The maximum atomic E-state index is 13.1. The fourth-order valence-corrected chi connectivity index (χ4v) is 3.12. The predicted molar refractivity (Wildman–Crippen MR) is 104 cm³/mol. The van der Waals surface area contributed by atoms with Gasteiger partial charge in [0.1, 0.15) is 5.57 Å². The van der Waals surface area contributed by atoms with Crippen molar-refractivity contribution in [2.45, 2.75) is 6.92 Å². The number of morpholine rings is 2. The van der Waals surface area contributed by atoms with Gasteiger partial charge < -0.3 is 24.6 Å². The van der Waals surface area contributed by atoms with E-state index < -0.39 is 0 Å². The standard InChI is InChI=1S/C20H25N3O5/c1-15(24)21-17-4-2-16(3-5-17)14-18(19(25)22-6-10-27-11-7-22)20(26)23-8-12-28-13-9-23/h2-5,14H,6-13H2,1H3,(H,21,24). The molecule has 0 aromatic heterocycles. The molecule has 0 unspecified atom stereocenters. The first-order chi connectivity index (χ1) is 13.5. The average molecular weight is 387 g/mol. The Kier molecular flexibility index (Phi) is 6.78. The third-order valence-corrected chi connectivity index (χ3v) is 4.60. The molecule has 0 bridgehead atoms. The molecule has 1 aromatic rings. The summed E-state index contributed by atoms with van der Waals surface area (Å²) in [5.74, 6) is -0.731. The summed E-state index contributed by atoms with van der Waals surface area (Å²) in [6.45, 7) is 5.18. The van der Waals surface area contributed by atoms with Crippen molar-refractivity contribution in [2.75, 3.05) is 57.9 Å². The van der Waals surface area contributed by atoms with Gasteiger partial charge in [0, 0.05) is 38.8 Å². The Bertz CT molecular complexity index is 716. The molecule has 2 saturated heterocycles. The number of amides is 3. The first kappa shape index (κ1) is 20.0. The van der Waals surface area contributed by atoms with Crippen molar-refractivity contribution < 1.29 is 23.9 Å². The Morgan fingerprint density at radius 1 is 0.857 bits per heavy atom. The van der Waals surface area contributed by atoms with E-state index in [1.165, 1.54) is 6.92 Å². The molecule has 2 aliphatic heterocycles. The summed E-state index contributed by atoms with van der Waals surface area (Å²) in [6, 6.07) is 7.02. The van der Waals surface area contributed by atoms with E-state index in [4.69, 9.17) is 9.47 Å². The maximum Gasteiger partial charge on any atom is 0.259 e. The summed E-state index contributed by atoms with van der Waals surface area (Å²) >= 11 is 0. The number of hydrogen-bond donors (Lipinski definition) is 1. The lowest BCUT2D eigenvalue weighted by molar-refractivity contribution is -0.138. The highest BCUT2D eigenvalue weighted by Gasteiger charge is 2.29. The highest BCUT2D eigenvalue weighted by molar-refractivity contribution is 6.21. The number of ether oxygens (including phenoxy) is 2. The molecule has 8 nitrogen and oxygen atoms in total. The quantitative estimate of drug-likeness (QED) is 0.468. The third-order valence-electron chi connectivity index (χ3n) is 4.60. The predicted octanol–water partition coefficient (Wildman–Crippen LogP) is 0.746. The molecule has 2 aliphatic rings. The smallest absolute Gasteiger partial charge is 0.259 e. The lowest BCUT2D eigenvalue weighted by Gasteiger charge is -2.31. The Hall–Kier alpha value is -2.71. The largest absolute Gasteiger partial charge is 0.378 e. The first-order valence-electron chi connectivity index (χ1n) is 9.38. The summed E-state index contributed by atoms with van der Waals surface area (Å²) in [6.07, 6.45) is 1.62. The number of rotatable bonds is 4. The van der Waals surface area contributed by atoms with Gasteiger partial charge in [-0.25, -0.2) is 0 Å². The zero-order valence-electron chi connectivity index (χ0n) is 16.0. The topological polar surface area (TPSA) is 88.2 Å². The van der Waals surface area contributed by atoms with E-state index in [-0.39, 0.29) is 23.3 Å². The molecule has 0 spiro atoms. The highest BCUT2D eigenvalue weighted by Crippen LogP contribution is 2.17. The molecule has 0 radical (unpaired) electrons. The average Bonchev–Trinajstić information content (AvgIpc) is 2.73. The summed E-state index contributed by atoms with van der Waals surface area (Å²) in [5, 5.41) is 2.70. The van der Waals surface area contributed by atoms with Crippen LogP contribution < -0.4 is 5.32 Å². The molecular formula is C20H25N3O5. The highest BCUT2D eigenvalue weighted by atomic mass is 16.5. The van der Waals surface area contributed by atoms with E-state index in [9.17, 15) is 14.4 Å². The van der Waals surface area contributed by atoms with Gasteiger partial charge >= 0.3 is 0 Å². The van der Waals surface area contributed by atoms with Gasteiger partial charge in [0.2, 0.25) is 5.91 Å². The van der Waals surface area contributed by atoms with Crippen molar-refractivity contribution in [3.05, 3.63) is 35.4 Å². The van der Waals surface area contributed by atoms with Gasteiger partial charge in [-0.1, -0.05) is 12.1 Å². The zero-order valence-corrected chi connectivity index (χ0v) is 16.0. The van der Waals surface area contributed by atoms with Gasteiger partial charge in [-0.05, 0) is 23.8 Å². The number of nitrogens with zero attached hydrogens (tertiary/aromatic N) is 2. The summed E-state index contributed by atoms with van der Waals surface area (Å²) in [5.41, 5.74) is 1.51. The lowest BCUT2D eigenvalue weighted by atomic mass is 10.1. The van der Waals surface area contributed by atoms with Crippen LogP contribution in [0.1, 0.15) is 12.5 Å². The van der Waals surface area contributed by atoms with Crippen LogP contribution in [0.2, 0.25) is 0 Å². The number of carbonyl (C=O) groups is 3. The normalized spacial score (nSPS) is 17.0. The molecule has 150 valence electrons. The van der Waals surface area contributed by atoms with Crippen LogP contribution in [0, 0.1) is 0 Å². The molecular weight excluding hydrogens is 362 g/mol. The number of carbonyl (C=O) groups excluding carboxylic acids is 3. The van der Waals surface area contributed by atoms with Gasteiger partial charge in [0.25, 0.3) is 11.8 Å². The maximum absolute atomic E-state index is 13.1. The van der Waals surface area contributed by atoms with Gasteiger partial charge in [-0.2, -0.15) is 0 Å². The molecule has 3 amide bonds. The van der Waals surface area contributed by atoms with E-state index in [2.05, 4.69) is 5.32 Å². The zero-order chi connectivity index (χ0) is 19.9. The van der Waals surface area contributed by atoms with Crippen molar-refractivity contribution in [1.29, 1.82) is 0 Å². The fraction of sp³-hybridized carbons (Fsp3) is 0.450. The molecule has 2 heterocycles. The molecule has 1 aromatic carbocycles. The van der Waals surface area contributed by atoms with Crippen LogP contribution in [0.3, 0.4) is 0 Å². The van der Waals surface area contributed by atoms with Crippen molar-refractivity contribution in [3.8, 4) is 0 Å². The minimum absolute atomic E-state index is 0.135. The molecule has 0 saturated carbocycles. The second-order valence-corrected chi connectivity index (χ2v) is 6.67. The van der Waals surface area contributed by atoms with Crippen LogP contribution in [0.4, 0.5) is 5.69 Å². The van der Waals surface area contributed by atoms with Gasteiger partial charge in [-0.3, -0.25) is 14.4 Å². The fourth-order valence-electron chi connectivity index (χ4n) is 3.12. The van der Waals surface area contributed by atoms with E-state index in [1.54, 1.807) is 40.1 Å². The Labute approximate surface area is 164 Å². The monoisotopic (exact) mass is 387 g/mol. The van der Waals surface area contributed by atoms with E-state index >= 15 is 0 Å². The molecule has 3 rings (SSSR count). The van der Waals surface area contributed by atoms with E-state index in [1.807, 2.05) is 0 Å². The van der Waals surface area contributed by atoms with Crippen LogP contribution in [0.25, 0.3) is 6.08 Å². The molecule has 2 fully saturated rings. The first-order valence-corrected chi connectivity index (χ1v) is 9.38. The minimum Gasteiger partial charge on any atom is -0.378 e. The van der Waals surface area contributed by atoms with Crippen LogP contribution in [-0.2, 0) is 23.9 Å². The van der Waals surface area contributed by atoms with Crippen molar-refractivity contribution in [3.63, 3.8) is 0 Å². The molecule has 28 heavy (non-hydrogen) atoms. The summed E-state index contributed by atoms with van der Waals surface area (Å²) in [4.78, 5) is 40.6. The number of hydrogen-bond acceptors (Lipinski definition) is 5. The van der Waals surface area contributed by atoms with Crippen molar-refractivity contribution in [2.24, 2.45) is 0 Å².